The largest absolute Gasteiger partial charge is 0.365 e. The molecule has 0 unspecified atom stereocenters. The van der Waals surface area contributed by atoms with E-state index in [1.807, 2.05) is 12.1 Å². The number of nitriles is 1. The number of anilines is 1. The zero-order valence-electron chi connectivity index (χ0n) is 14.2. The van der Waals surface area contributed by atoms with E-state index in [-0.39, 0.29) is 23.9 Å². The Morgan fingerprint density at radius 3 is 2.75 bits per heavy atom. The van der Waals surface area contributed by atoms with Crippen LogP contribution >= 0.6 is 0 Å². The van der Waals surface area contributed by atoms with Gasteiger partial charge < -0.3 is 14.5 Å². The minimum atomic E-state index is -0.275. The first kappa shape index (κ1) is 16.7. The average Bonchev–Trinajstić information content (AvgIpc) is 3.11. The van der Waals surface area contributed by atoms with Crippen LogP contribution in [0.25, 0.3) is 0 Å². The molecule has 2 aliphatic rings. The number of carbonyl (C=O) groups is 1. The number of rotatable bonds is 3. The van der Waals surface area contributed by atoms with Crippen LogP contribution in [0.1, 0.15) is 31.5 Å². The molecule has 2 fully saturated rings. The van der Waals surface area contributed by atoms with E-state index in [9.17, 15) is 4.79 Å². The molecule has 7 nitrogen and oxygen atoms in total. The summed E-state index contributed by atoms with van der Waals surface area (Å²) in [6, 6.07) is 3.83. The second-order valence-corrected chi connectivity index (χ2v) is 6.65. The fraction of sp³-hybridized carbons (Fsp3) is 0.647. The molecule has 3 heterocycles. The van der Waals surface area contributed by atoms with Gasteiger partial charge in [-0.15, -0.1) is 0 Å². The first-order chi connectivity index (χ1) is 11.6. The minimum absolute atomic E-state index is 0.0694. The summed E-state index contributed by atoms with van der Waals surface area (Å²) >= 11 is 0. The lowest BCUT2D eigenvalue weighted by molar-refractivity contribution is -0.141. The summed E-state index contributed by atoms with van der Waals surface area (Å²) in [5.74, 6) is 1.57. The minimum Gasteiger partial charge on any atom is -0.365 e. The van der Waals surface area contributed by atoms with Crippen LogP contribution in [-0.2, 0) is 9.53 Å². The molecule has 0 bridgehead atoms. The Bertz CT molecular complexity index is 634. The van der Waals surface area contributed by atoms with Crippen LogP contribution in [0, 0.1) is 17.2 Å². The van der Waals surface area contributed by atoms with Crippen molar-refractivity contribution in [2.24, 2.45) is 5.92 Å². The van der Waals surface area contributed by atoms with Gasteiger partial charge in [0.25, 0.3) is 5.91 Å². The van der Waals surface area contributed by atoms with E-state index in [0.717, 1.165) is 44.6 Å². The molecule has 2 aliphatic heterocycles. The van der Waals surface area contributed by atoms with Gasteiger partial charge in [-0.1, -0.05) is 0 Å². The molecule has 2 atom stereocenters. The predicted octanol–water partition coefficient (Wildman–Crippen LogP) is 1.20. The van der Waals surface area contributed by atoms with Gasteiger partial charge in [0.15, 0.2) is 0 Å². The van der Waals surface area contributed by atoms with Gasteiger partial charge >= 0.3 is 0 Å². The highest BCUT2D eigenvalue weighted by Gasteiger charge is 2.37. The van der Waals surface area contributed by atoms with Crippen molar-refractivity contribution in [3.05, 3.63) is 18.1 Å². The van der Waals surface area contributed by atoms with Crippen LogP contribution in [0.3, 0.4) is 0 Å². The fourth-order valence-electron chi connectivity index (χ4n) is 3.56. The van der Waals surface area contributed by atoms with Gasteiger partial charge in [0.05, 0.1) is 6.10 Å². The van der Waals surface area contributed by atoms with Crippen LogP contribution in [0.4, 0.5) is 5.82 Å². The number of carbonyl (C=O) groups excluding carboxylic acids is 1. The van der Waals surface area contributed by atoms with Crippen molar-refractivity contribution in [3.8, 4) is 6.07 Å². The van der Waals surface area contributed by atoms with Crippen molar-refractivity contribution in [2.45, 2.75) is 37.9 Å². The van der Waals surface area contributed by atoms with Crippen LogP contribution in [0.15, 0.2) is 12.3 Å². The van der Waals surface area contributed by atoms with Crippen molar-refractivity contribution < 1.29 is 9.53 Å². The quantitative estimate of drug-likeness (QED) is 0.829. The van der Waals surface area contributed by atoms with Gasteiger partial charge in [-0.05, 0) is 37.7 Å². The molecule has 2 saturated heterocycles. The van der Waals surface area contributed by atoms with Crippen LogP contribution in [-0.4, -0.2) is 60.2 Å². The van der Waals surface area contributed by atoms with Crippen molar-refractivity contribution >= 4 is 11.7 Å². The number of aromatic nitrogens is 2. The summed E-state index contributed by atoms with van der Waals surface area (Å²) in [4.78, 5) is 24.0. The summed E-state index contributed by atoms with van der Waals surface area (Å²) < 4.78 is 6.02. The Balaban J connectivity index is 1.54. The number of likely N-dealkylation sites (N-methyl/N-ethyl adjacent to an activating group) is 1. The van der Waals surface area contributed by atoms with Crippen molar-refractivity contribution in [1.82, 2.24) is 14.9 Å². The Kier molecular flexibility index (Phi) is 4.95. The number of hydrogen-bond acceptors (Lipinski definition) is 6. The van der Waals surface area contributed by atoms with Crippen LogP contribution in [0.2, 0.25) is 0 Å². The van der Waals surface area contributed by atoms with E-state index in [1.165, 1.54) is 0 Å². The second-order valence-electron chi connectivity index (χ2n) is 6.65. The lowest BCUT2D eigenvalue weighted by Crippen LogP contribution is -2.39. The second kappa shape index (κ2) is 7.14. The maximum Gasteiger partial charge on any atom is 0.251 e. The fourth-order valence-corrected chi connectivity index (χ4v) is 3.56. The Morgan fingerprint density at radius 1 is 1.33 bits per heavy atom. The van der Waals surface area contributed by atoms with Crippen molar-refractivity contribution in [2.75, 3.05) is 32.1 Å². The maximum atomic E-state index is 12.0. The molecule has 0 aromatic carbocycles. The molecule has 0 spiro atoms. The Labute approximate surface area is 142 Å². The lowest BCUT2D eigenvalue weighted by Gasteiger charge is -2.35. The smallest absolute Gasteiger partial charge is 0.251 e. The number of piperidine rings is 1. The molecule has 128 valence electrons. The molecule has 1 aromatic heterocycles. The van der Waals surface area contributed by atoms with E-state index >= 15 is 0 Å². The van der Waals surface area contributed by atoms with Gasteiger partial charge in [0, 0.05) is 33.4 Å². The number of ether oxygens (including phenoxy) is 1. The molecule has 3 rings (SSSR count). The number of hydrogen-bond donors (Lipinski definition) is 0. The molecule has 24 heavy (non-hydrogen) atoms. The lowest BCUT2D eigenvalue weighted by atomic mass is 9.90. The monoisotopic (exact) mass is 329 g/mol. The highest BCUT2D eigenvalue weighted by Crippen LogP contribution is 2.33. The number of amides is 1. The normalized spacial score (nSPS) is 24.6. The van der Waals surface area contributed by atoms with E-state index in [0.29, 0.717) is 5.92 Å². The highest BCUT2D eigenvalue weighted by molar-refractivity contribution is 5.80. The van der Waals surface area contributed by atoms with Gasteiger partial charge in [-0.3, -0.25) is 4.79 Å². The van der Waals surface area contributed by atoms with Gasteiger partial charge in [-0.2, -0.15) is 5.26 Å². The third-order valence-electron chi connectivity index (χ3n) is 4.90. The standard InChI is InChI=1S/C17H23N5O2/c1-21(2)17(23)14-4-3-13(24-14)12-6-9-22(10-7-12)16-5-8-19-15(11-18)20-16/h5,8,12-14H,3-4,6-7,9-10H2,1-2H3/t13-,14+/m0/s1. The predicted molar refractivity (Wildman–Crippen MR) is 88.3 cm³/mol. The first-order valence-electron chi connectivity index (χ1n) is 8.43. The Hall–Kier alpha value is -2.20. The third kappa shape index (κ3) is 3.49. The zero-order valence-corrected chi connectivity index (χ0v) is 14.2. The van der Waals surface area contributed by atoms with Gasteiger partial charge in [0.1, 0.15) is 18.0 Å². The van der Waals surface area contributed by atoms with Crippen LogP contribution in [0.5, 0.6) is 0 Å². The van der Waals surface area contributed by atoms with Crippen molar-refractivity contribution in [1.29, 1.82) is 5.26 Å². The van der Waals surface area contributed by atoms with E-state index in [4.69, 9.17) is 10.00 Å². The summed E-state index contributed by atoms with van der Waals surface area (Å²) in [5, 5.41) is 8.91. The first-order valence-corrected chi connectivity index (χ1v) is 8.43. The SMILES string of the molecule is CN(C)C(=O)[C@H]1CC[C@@H](C2CCN(c3ccnc(C#N)n3)CC2)O1. The molecule has 0 aliphatic carbocycles. The molecule has 0 N–H and O–H groups in total. The molecule has 1 amide bonds. The molecule has 1 aromatic rings. The Morgan fingerprint density at radius 2 is 2.08 bits per heavy atom. The average molecular weight is 329 g/mol. The van der Waals surface area contributed by atoms with Gasteiger partial charge in [0.2, 0.25) is 5.82 Å². The van der Waals surface area contributed by atoms with Gasteiger partial charge in [-0.25, -0.2) is 9.97 Å². The molecule has 0 radical (unpaired) electrons. The van der Waals surface area contributed by atoms with E-state index < -0.39 is 0 Å². The summed E-state index contributed by atoms with van der Waals surface area (Å²) in [5.41, 5.74) is 0. The molecular weight excluding hydrogens is 306 g/mol. The summed E-state index contributed by atoms with van der Waals surface area (Å²) in [6.07, 6.45) is 5.34. The van der Waals surface area contributed by atoms with Crippen LogP contribution < -0.4 is 4.90 Å². The molecule has 7 heteroatoms. The topological polar surface area (TPSA) is 82.4 Å². The third-order valence-corrected chi connectivity index (χ3v) is 4.90. The van der Waals surface area contributed by atoms with Crippen molar-refractivity contribution in [3.63, 3.8) is 0 Å². The number of nitrogens with zero attached hydrogens (tertiary/aromatic N) is 5. The highest BCUT2D eigenvalue weighted by atomic mass is 16.5. The van der Waals surface area contributed by atoms with E-state index in [1.54, 1.807) is 25.2 Å². The summed E-state index contributed by atoms with van der Waals surface area (Å²) in [7, 11) is 3.55. The molecule has 0 saturated carbocycles. The molecular formula is C17H23N5O2. The van der Waals surface area contributed by atoms with E-state index in [2.05, 4.69) is 14.9 Å². The summed E-state index contributed by atoms with van der Waals surface area (Å²) in [6.45, 7) is 1.78. The zero-order chi connectivity index (χ0) is 17.1. The maximum absolute atomic E-state index is 12.0.